The third-order valence-electron chi connectivity index (χ3n) is 4.65. The Balaban J connectivity index is 1.95. The lowest BCUT2D eigenvalue weighted by molar-refractivity contribution is 0.143. The van der Waals surface area contributed by atoms with Crippen LogP contribution in [0.4, 0.5) is 0 Å². The van der Waals surface area contributed by atoms with Gasteiger partial charge in [0.05, 0.1) is 0 Å². The zero-order chi connectivity index (χ0) is 14.4. The number of hydrogen-bond donors (Lipinski definition) is 1. The molecule has 1 atom stereocenters. The molecular formula is C18H30N2. The Morgan fingerprint density at radius 1 is 1.15 bits per heavy atom. The fourth-order valence-electron chi connectivity index (χ4n) is 3.42. The minimum Gasteiger partial charge on any atom is -0.328 e. The van der Waals surface area contributed by atoms with Crippen molar-refractivity contribution in [2.45, 2.75) is 64.0 Å². The molecule has 1 saturated carbocycles. The smallest absolute Gasteiger partial charge is 0.00966 e. The van der Waals surface area contributed by atoms with Crippen LogP contribution in [0.3, 0.4) is 0 Å². The molecule has 0 saturated heterocycles. The van der Waals surface area contributed by atoms with E-state index in [4.69, 9.17) is 5.73 Å². The maximum absolute atomic E-state index is 6.04. The van der Waals surface area contributed by atoms with Gasteiger partial charge in [-0.3, -0.25) is 4.90 Å². The minimum absolute atomic E-state index is 0.446. The van der Waals surface area contributed by atoms with Gasteiger partial charge in [0.1, 0.15) is 0 Å². The molecule has 0 aliphatic heterocycles. The summed E-state index contributed by atoms with van der Waals surface area (Å²) in [5, 5.41) is 0. The Morgan fingerprint density at radius 2 is 1.80 bits per heavy atom. The maximum Gasteiger partial charge on any atom is 0.00966 e. The number of benzene rings is 1. The normalized spacial score (nSPS) is 24.8. The molecule has 0 radical (unpaired) electrons. The van der Waals surface area contributed by atoms with Crippen LogP contribution in [0.5, 0.6) is 0 Å². The standard InChI is InChI=1S/C18H30N2/c1-3-13-20(18-11-9-17(19)10-12-18)14-15(2)16-7-5-4-6-8-16/h4-8,15,17-18H,3,9-14,19H2,1-2H3. The summed E-state index contributed by atoms with van der Waals surface area (Å²) < 4.78 is 0. The van der Waals surface area contributed by atoms with Crippen LogP contribution in [-0.4, -0.2) is 30.1 Å². The van der Waals surface area contributed by atoms with E-state index in [0.29, 0.717) is 12.0 Å². The summed E-state index contributed by atoms with van der Waals surface area (Å²) in [6, 6.07) is 12.1. The summed E-state index contributed by atoms with van der Waals surface area (Å²) in [5.41, 5.74) is 7.50. The molecule has 1 aromatic rings. The molecular weight excluding hydrogens is 244 g/mol. The van der Waals surface area contributed by atoms with Gasteiger partial charge in [-0.1, -0.05) is 44.2 Å². The highest BCUT2D eigenvalue weighted by atomic mass is 15.2. The second-order valence-electron chi connectivity index (χ2n) is 6.38. The Kier molecular flexibility index (Phi) is 6.06. The molecule has 2 N–H and O–H groups in total. The van der Waals surface area contributed by atoms with Gasteiger partial charge in [-0.15, -0.1) is 0 Å². The third-order valence-corrected chi connectivity index (χ3v) is 4.65. The zero-order valence-corrected chi connectivity index (χ0v) is 13.1. The quantitative estimate of drug-likeness (QED) is 0.855. The Labute approximate surface area is 124 Å². The lowest BCUT2D eigenvalue weighted by Gasteiger charge is -2.37. The molecule has 2 heteroatoms. The average molecular weight is 274 g/mol. The van der Waals surface area contributed by atoms with Gasteiger partial charge in [0.25, 0.3) is 0 Å². The summed E-state index contributed by atoms with van der Waals surface area (Å²) in [7, 11) is 0. The van der Waals surface area contributed by atoms with E-state index < -0.39 is 0 Å². The third kappa shape index (κ3) is 4.32. The van der Waals surface area contributed by atoms with Gasteiger partial charge in [-0.2, -0.15) is 0 Å². The van der Waals surface area contributed by atoms with Gasteiger partial charge in [0, 0.05) is 18.6 Å². The van der Waals surface area contributed by atoms with Crippen LogP contribution in [0.2, 0.25) is 0 Å². The minimum atomic E-state index is 0.446. The first-order valence-electron chi connectivity index (χ1n) is 8.25. The van der Waals surface area contributed by atoms with E-state index in [1.807, 2.05) is 0 Å². The van der Waals surface area contributed by atoms with Crippen LogP contribution < -0.4 is 5.73 Å². The van der Waals surface area contributed by atoms with Crippen LogP contribution >= 0.6 is 0 Å². The van der Waals surface area contributed by atoms with E-state index in [1.54, 1.807) is 0 Å². The molecule has 20 heavy (non-hydrogen) atoms. The molecule has 2 nitrogen and oxygen atoms in total. The van der Waals surface area contributed by atoms with Gasteiger partial charge in [-0.25, -0.2) is 0 Å². The van der Waals surface area contributed by atoms with Crippen LogP contribution in [-0.2, 0) is 0 Å². The van der Waals surface area contributed by atoms with Crippen molar-refractivity contribution in [1.29, 1.82) is 0 Å². The number of nitrogens with zero attached hydrogens (tertiary/aromatic N) is 1. The predicted octanol–water partition coefficient (Wildman–Crippen LogP) is 3.77. The van der Waals surface area contributed by atoms with Gasteiger partial charge < -0.3 is 5.73 Å². The van der Waals surface area contributed by atoms with Crippen molar-refractivity contribution in [3.05, 3.63) is 35.9 Å². The average Bonchev–Trinajstić information content (AvgIpc) is 2.48. The predicted molar refractivity (Wildman–Crippen MR) is 87.0 cm³/mol. The molecule has 1 fully saturated rings. The van der Waals surface area contributed by atoms with Gasteiger partial charge in [0.2, 0.25) is 0 Å². The first-order valence-corrected chi connectivity index (χ1v) is 8.25. The second-order valence-corrected chi connectivity index (χ2v) is 6.38. The zero-order valence-electron chi connectivity index (χ0n) is 13.1. The molecule has 1 aromatic carbocycles. The van der Waals surface area contributed by atoms with Crippen LogP contribution in [0.1, 0.15) is 57.4 Å². The lowest BCUT2D eigenvalue weighted by Crippen LogP contribution is -2.42. The number of hydrogen-bond acceptors (Lipinski definition) is 2. The molecule has 0 heterocycles. The molecule has 0 spiro atoms. The highest BCUT2D eigenvalue weighted by Gasteiger charge is 2.24. The number of rotatable bonds is 6. The number of nitrogens with two attached hydrogens (primary N) is 1. The van der Waals surface area contributed by atoms with Crippen molar-refractivity contribution >= 4 is 0 Å². The molecule has 0 bridgehead atoms. The van der Waals surface area contributed by atoms with Gasteiger partial charge in [0.15, 0.2) is 0 Å². The molecule has 1 unspecified atom stereocenters. The van der Waals surface area contributed by atoms with Crippen LogP contribution in [0.15, 0.2) is 30.3 Å². The topological polar surface area (TPSA) is 29.3 Å². The summed E-state index contributed by atoms with van der Waals surface area (Å²) in [6.07, 6.45) is 6.20. The van der Waals surface area contributed by atoms with Crippen molar-refractivity contribution in [2.24, 2.45) is 5.73 Å². The van der Waals surface area contributed by atoms with E-state index in [0.717, 1.165) is 6.04 Å². The monoisotopic (exact) mass is 274 g/mol. The Bertz CT molecular complexity index is 368. The Morgan fingerprint density at radius 3 is 2.40 bits per heavy atom. The summed E-state index contributed by atoms with van der Waals surface area (Å²) >= 11 is 0. The SMILES string of the molecule is CCCN(CC(C)c1ccccc1)C1CCC(N)CC1. The molecule has 1 aliphatic rings. The molecule has 0 amide bonds. The summed E-state index contributed by atoms with van der Waals surface area (Å²) in [4.78, 5) is 2.71. The van der Waals surface area contributed by atoms with E-state index in [-0.39, 0.29) is 0 Å². The fourth-order valence-corrected chi connectivity index (χ4v) is 3.42. The van der Waals surface area contributed by atoms with E-state index in [9.17, 15) is 0 Å². The van der Waals surface area contributed by atoms with Gasteiger partial charge in [-0.05, 0) is 50.1 Å². The van der Waals surface area contributed by atoms with Crippen molar-refractivity contribution in [1.82, 2.24) is 4.90 Å². The largest absolute Gasteiger partial charge is 0.328 e. The maximum atomic E-state index is 6.04. The second kappa shape index (κ2) is 7.80. The van der Waals surface area contributed by atoms with Crippen molar-refractivity contribution in [3.8, 4) is 0 Å². The van der Waals surface area contributed by atoms with E-state index in [1.165, 1.54) is 50.8 Å². The highest BCUT2D eigenvalue weighted by Crippen LogP contribution is 2.25. The van der Waals surface area contributed by atoms with Crippen molar-refractivity contribution in [3.63, 3.8) is 0 Å². The fraction of sp³-hybridized carbons (Fsp3) is 0.667. The van der Waals surface area contributed by atoms with Crippen LogP contribution in [0.25, 0.3) is 0 Å². The van der Waals surface area contributed by atoms with Crippen molar-refractivity contribution in [2.75, 3.05) is 13.1 Å². The van der Waals surface area contributed by atoms with Crippen LogP contribution in [0, 0.1) is 0 Å². The van der Waals surface area contributed by atoms with Crippen molar-refractivity contribution < 1.29 is 0 Å². The molecule has 1 aliphatic carbocycles. The first kappa shape index (κ1) is 15.5. The lowest BCUT2D eigenvalue weighted by atomic mass is 9.89. The molecule has 2 rings (SSSR count). The summed E-state index contributed by atoms with van der Waals surface area (Å²) in [5.74, 6) is 0.610. The van der Waals surface area contributed by atoms with E-state index >= 15 is 0 Å². The Hall–Kier alpha value is -0.860. The van der Waals surface area contributed by atoms with E-state index in [2.05, 4.69) is 49.1 Å². The van der Waals surface area contributed by atoms with Gasteiger partial charge >= 0.3 is 0 Å². The molecule has 112 valence electrons. The first-order chi connectivity index (χ1) is 9.70. The summed E-state index contributed by atoms with van der Waals surface area (Å²) in [6.45, 7) is 7.04. The highest BCUT2D eigenvalue weighted by molar-refractivity contribution is 5.19. The molecule has 0 aromatic heterocycles.